The van der Waals surface area contributed by atoms with Gasteiger partial charge in [-0.1, -0.05) is 121 Å². The number of aliphatic hydroxyl groups excluding tert-OH is 3. The van der Waals surface area contributed by atoms with E-state index < -0.39 is 61.2 Å². The van der Waals surface area contributed by atoms with E-state index in [-0.39, 0.29) is 26.4 Å². The minimum Gasteiger partial charge on any atom is -0.391 e. The molecular weight excluding hydrogens is 662 g/mol. The first-order valence-electron chi connectivity index (χ1n) is 18.2. The topological polar surface area (TPSA) is 119 Å². The summed E-state index contributed by atoms with van der Waals surface area (Å²) in [4.78, 5) is 1.92. The average Bonchev–Trinajstić information content (AvgIpc) is 3.55. The van der Waals surface area contributed by atoms with Gasteiger partial charge in [-0.2, -0.15) is 0 Å². The lowest BCUT2D eigenvalue weighted by atomic mass is 9.92. The van der Waals surface area contributed by atoms with Crippen molar-refractivity contribution in [2.75, 3.05) is 19.7 Å². The molecule has 4 aromatic carbocycles. The molecule has 276 valence electrons. The number of aliphatic hydroxyl groups is 3. The predicted octanol–water partition coefficient (Wildman–Crippen LogP) is 4.24. The zero-order valence-corrected chi connectivity index (χ0v) is 29.2. The molecule has 0 amide bonds. The summed E-state index contributed by atoms with van der Waals surface area (Å²) in [5.74, 6) is 0. The normalized spacial score (nSPS) is 30.6. The first-order valence-corrected chi connectivity index (χ1v) is 18.2. The summed E-state index contributed by atoms with van der Waals surface area (Å²) in [5, 5.41) is 33.6. The summed E-state index contributed by atoms with van der Waals surface area (Å²) in [6.07, 6.45) is -7.46. The molecule has 3 fully saturated rings. The Morgan fingerprint density at radius 3 is 1.58 bits per heavy atom. The molecule has 7 rings (SSSR count). The standard InChI is InChI=1S/C42H49NO9/c44-33-21-22-43-23-34(45)38(37(46)36(33)43)52-42-41(50-27-32-19-11-4-12-20-32)40(49-26-31-17-9-3-10-18-31)39(48-25-30-15-7-2-8-16-30)35(51-42)28-47-24-29-13-5-1-6-14-29/h1-20,33-42,44-46H,21-28H2/t33-,34?,35+,36?,37?,38?,39+,40-,41+,42-/m0/s1. The highest BCUT2D eigenvalue weighted by atomic mass is 16.7. The second-order valence-electron chi connectivity index (χ2n) is 13.8. The lowest BCUT2D eigenvalue weighted by Crippen LogP contribution is -2.66. The summed E-state index contributed by atoms with van der Waals surface area (Å²) in [6, 6.07) is 39.0. The molecule has 10 heteroatoms. The molecule has 4 aromatic rings. The van der Waals surface area contributed by atoms with E-state index in [9.17, 15) is 15.3 Å². The van der Waals surface area contributed by atoms with Crippen LogP contribution in [0.2, 0.25) is 0 Å². The van der Waals surface area contributed by atoms with Gasteiger partial charge in [0.05, 0.1) is 51.3 Å². The van der Waals surface area contributed by atoms with Gasteiger partial charge in [-0.15, -0.1) is 0 Å². The van der Waals surface area contributed by atoms with Crippen LogP contribution < -0.4 is 0 Å². The smallest absolute Gasteiger partial charge is 0.187 e. The first-order chi connectivity index (χ1) is 25.5. The molecular formula is C42H49NO9. The number of fused-ring (bicyclic) bond motifs is 1. The van der Waals surface area contributed by atoms with E-state index in [1.807, 2.05) is 126 Å². The minimum absolute atomic E-state index is 0.149. The molecule has 10 nitrogen and oxygen atoms in total. The Morgan fingerprint density at radius 1 is 0.558 bits per heavy atom. The molecule has 0 bridgehead atoms. The third kappa shape index (κ3) is 9.15. The molecule has 0 saturated carbocycles. The molecule has 3 aliphatic heterocycles. The largest absolute Gasteiger partial charge is 0.391 e. The van der Waals surface area contributed by atoms with Crippen molar-refractivity contribution in [3.05, 3.63) is 144 Å². The molecule has 3 N–H and O–H groups in total. The van der Waals surface area contributed by atoms with Crippen LogP contribution in [0, 0.1) is 0 Å². The summed E-state index contributed by atoms with van der Waals surface area (Å²) in [6.45, 7) is 2.14. The van der Waals surface area contributed by atoms with E-state index in [1.54, 1.807) is 0 Å². The fraction of sp³-hybridized carbons (Fsp3) is 0.429. The van der Waals surface area contributed by atoms with Crippen molar-refractivity contribution in [1.29, 1.82) is 0 Å². The van der Waals surface area contributed by atoms with Crippen molar-refractivity contribution >= 4 is 0 Å². The molecule has 0 aromatic heterocycles. The van der Waals surface area contributed by atoms with Crippen LogP contribution in [0.4, 0.5) is 0 Å². The van der Waals surface area contributed by atoms with E-state index in [2.05, 4.69) is 0 Å². The van der Waals surface area contributed by atoms with Gasteiger partial charge in [-0.3, -0.25) is 4.90 Å². The fourth-order valence-corrected chi connectivity index (χ4v) is 7.47. The monoisotopic (exact) mass is 711 g/mol. The van der Waals surface area contributed by atoms with Gasteiger partial charge in [-0.25, -0.2) is 0 Å². The number of ether oxygens (including phenoxy) is 6. The van der Waals surface area contributed by atoms with Crippen LogP contribution in [0.15, 0.2) is 121 Å². The quantitative estimate of drug-likeness (QED) is 0.165. The van der Waals surface area contributed by atoms with E-state index in [0.717, 1.165) is 22.3 Å². The van der Waals surface area contributed by atoms with E-state index >= 15 is 0 Å². The van der Waals surface area contributed by atoms with Crippen LogP contribution in [-0.2, 0) is 54.8 Å². The third-order valence-electron chi connectivity index (χ3n) is 10.1. The Kier molecular flexibility index (Phi) is 12.7. The summed E-state index contributed by atoms with van der Waals surface area (Å²) < 4.78 is 39.9. The number of nitrogens with zero attached hydrogens (tertiary/aromatic N) is 1. The van der Waals surface area contributed by atoms with E-state index in [4.69, 9.17) is 28.4 Å². The van der Waals surface area contributed by atoms with Crippen LogP contribution in [-0.4, -0.2) is 101 Å². The molecule has 10 atom stereocenters. The maximum Gasteiger partial charge on any atom is 0.187 e. The highest BCUT2D eigenvalue weighted by Gasteiger charge is 2.54. The van der Waals surface area contributed by atoms with Gasteiger partial charge in [-0.05, 0) is 28.7 Å². The highest BCUT2D eigenvalue weighted by Crippen LogP contribution is 2.35. The van der Waals surface area contributed by atoms with Crippen molar-refractivity contribution in [1.82, 2.24) is 4.90 Å². The number of hydrogen-bond donors (Lipinski definition) is 3. The second kappa shape index (κ2) is 18.0. The summed E-state index contributed by atoms with van der Waals surface area (Å²) in [7, 11) is 0. The number of hydrogen-bond acceptors (Lipinski definition) is 10. The van der Waals surface area contributed by atoms with Gasteiger partial charge in [0.25, 0.3) is 0 Å². The third-order valence-corrected chi connectivity index (χ3v) is 10.1. The SMILES string of the molecule is OC1CN2CC[C@H](O)C2C(O)C1O[C@@H]1O[C@H](COCc2ccccc2)[C@@H](OCc2ccccc2)[C@H](OCc2ccccc2)[C@H]1OCc1ccccc1. The molecule has 0 spiro atoms. The van der Waals surface area contributed by atoms with Crippen LogP contribution in [0.25, 0.3) is 0 Å². The van der Waals surface area contributed by atoms with Gasteiger partial charge >= 0.3 is 0 Å². The molecule has 52 heavy (non-hydrogen) atoms. The number of benzene rings is 4. The maximum atomic E-state index is 11.6. The Bertz CT molecular complexity index is 1620. The van der Waals surface area contributed by atoms with Gasteiger partial charge < -0.3 is 43.7 Å². The van der Waals surface area contributed by atoms with Crippen LogP contribution in [0.5, 0.6) is 0 Å². The van der Waals surface area contributed by atoms with Crippen molar-refractivity contribution in [2.24, 2.45) is 0 Å². The molecule has 3 heterocycles. The van der Waals surface area contributed by atoms with Gasteiger partial charge in [0.1, 0.15) is 36.6 Å². The van der Waals surface area contributed by atoms with Crippen molar-refractivity contribution in [3.63, 3.8) is 0 Å². The maximum absolute atomic E-state index is 11.6. The van der Waals surface area contributed by atoms with Crippen LogP contribution >= 0.6 is 0 Å². The first kappa shape index (κ1) is 36.8. The van der Waals surface area contributed by atoms with Gasteiger partial charge in [0, 0.05) is 13.1 Å². The lowest BCUT2D eigenvalue weighted by molar-refractivity contribution is -0.349. The Balaban J connectivity index is 1.21. The highest BCUT2D eigenvalue weighted by molar-refractivity contribution is 5.16. The van der Waals surface area contributed by atoms with Crippen LogP contribution in [0.3, 0.4) is 0 Å². The lowest BCUT2D eigenvalue weighted by Gasteiger charge is -2.49. The van der Waals surface area contributed by atoms with Gasteiger partial charge in [0.15, 0.2) is 6.29 Å². The Hall–Kier alpha value is -3.52. The molecule has 4 unspecified atom stereocenters. The predicted molar refractivity (Wildman–Crippen MR) is 193 cm³/mol. The number of rotatable bonds is 15. The van der Waals surface area contributed by atoms with Crippen molar-refractivity contribution in [2.45, 2.75) is 94.0 Å². The molecule has 3 aliphatic rings. The van der Waals surface area contributed by atoms with E-state index in [1.165, 1.54) is 0 Å². The molecule has 0 radical (unpaired) electrons. The molecule has 0 aliphatic carbocycles. The second-order valence-corrected chi connectivity index (χ2v) is 13.8. The van der Waals surface area contributed by atoms with Crippen LogP contribution in [0.1, 0.15) is 28.7 Å². The van der Waals surface area contributed by atoms with E-state index in [0.29, 0.717) is 26.2 Å². The zero-order valence-electron chi connectivity index (χ0n) is 29.2. The summed E-state index contributed by atoms with van der Waals surface area (Å²) in [5.41, 5.74) is 3.92. The molecule has 3 saturated heterocycles. The Morgan fingerprint density at radius 2 is 1.04 bits per heavy atom. The zero-order chi connectivity index (χ0) is 35.7. The Labute approximate surface area is 305 Å². The van der Waals surface area contributed by atoms with Crippen molar-refractivity contribution in [3.8, 4) is 0 Å². The summed E-state index contributed by atoms with van der Waals surface area (Å²) >= 11 is 0. The van der Waals surface area contributed by atoms with Crippen molar-refractivity contribution < 1.29 is 43.7 Å². The fourth-order valence-electron chi connectivity index (χ4n) is 7.47. The minimum atomic E-state index is -1.16. The number of piperidine rings is 1. The van der Waals surface area contributed by atoms with Gasteiger partial charge in [0.2, 0.25) is 0 Å². The average molecular weight is 712 g/mol.